The van der Waals surface area contributed by atoms with Crippen molar-refractivity contribution in [2.75, 3.05) is 0 Å². The minimum Gasteiger partial charge on any atom is -0.393 e. The van der Waals surface area contributed by atoms with Gasteiger partial charge in [0, 0.05) is 11.6 Å². The number of aryl methyl sites for hydroxylation is 1. The van der Waals surface area contributed by atoms with Crippen molar-refractivity contribution >= 4 is 10.0 Å². The second-order valence-electron chi connectivity index (χ2n) is 6.06. The Bertz CT molecular complexity index is 964. The van der Waals surface area contributed by atoms with Gasteiger partial charge in [-0.15, -0.1) is 0 Å². The topological polar surface area (TPSA) is 103 Å². The number of nitrogens with one attached hydrogen (secondary N) is 1. The number of nitriles is 1. The molecule has 2 aromatic rings. The third kappa shape index (κ3) is 3.54. The molecule has 1 saturated carbocycles. The van der Waals surface area contributed by atoms with E-state index in [1.54, 1.807) is 19.1 Å². The molecule has 1 aliphatic rings. The molecule has 0 spiro atoms. The molecule has 6 nitrogen and oxygen atoms in total. The fourth-order valence-corrected chi connectivity index (χ4v) is 4.08. The maximum atomic E-state index is 13.4. The molecule has 25 heavy (non-hydrogen) atoms. The van der Waals surface area contributed by atoms with Crippen LogP contribution in [0.4, 0.5) is 4.39 Å². The SMILES string of the molecule is Cc1cc(S(=O)(=O)NC2CC(O)C2)ccc1-c1ccc(F)c(C#N)n1. The Balaban J connectivity index is 1.90. The Hall–Kier alpha value is -2.34. The lowest BCUT2D eigenvalue weighted by Crippen LogP contribution is -2.46. The number of halogens is 1. The summed E-state index contributed by atoms with van der Waals surface area (Å²) in [7, 11) is -3.68. The third-order valence-electron chi connectivity index (χ3n) is 4.17. The normalized spacial score (nSPS) is 19.9. The Morgan fingerprint density at radius 3 is 2.64 bits per heavy atom. The van der Waals surface area contributed by atoms with Gasteiger partial charge in [-0.1, -0.05) is 6.07 Å². The van der Waals surface area contributed by atoms with Crippen LogP contribution in [0.5, 0.6) is 0 Å². The van der Waals surface area contributed by atoms with Crippen molar-refractivity contribution in [3.63, 3.8) is 0 Å². The molecule has 0 aliphatic heterocycles. The summed E-state index contributed by atoms with van der Waals surface area (Å²) in [5, 5.41) is 18.1. The van der Waals surface area contributed by atoms with Crippen molar-refractivity contribution in [1.29, 1.82) is 5.26 Å². The zero-order valence-electron chi connectivity index (χ0n) is 13.4. The highest BCUT2D eigenvalue weighted by atomic mass is 32.2. The van der Waals surface area contributed by atoms with Gasteiger partial charge in [0.15, 0.2) is 11.5 Å². The number of rotatable bonds is 4. The number of nitrogens with zero attached hydrogens (tertiary/aromatic N) is 2. The maximum Gasteiger partial charge on any atom is 0.240 e. The largest absolute Gasteiger partial charge is 0.393 e. The molecule has 0 amide bonds. The van der Waals surface area contributed by atoms with Crippen LogP contribution in [-0.4, -0.2) is 30.7 Å². The number of aromatic nitrogens is 1. The van der Waals surface area contributed by atoms with Crippen LogP contribution in [0.15, 0.2) is 35.2 Å². The first-order valence-corrected chi connectivity index (χ1v) is 9.16. The van der Waals surface area contributed by atoms with Crippen molar-refractivity contribution in [3.8, 4) is 17.3 Å². The van der Waals surface area contributed by atoms with E-state index in [2.05, 4.69) is 9.71 Å². The lowest BCUT2D eigenvalue weighted by atomic mass is 9.91. The Morgan fingerprint density at radius 1 is 1.32 bits per heavy atom. The fraction of sp³-hybridized carbons (Fsp3) is 0.294. The van der Waals surface area contributed by atoms with E-state index in [1.165, 1.54) is 18.2 Å². The summed E-state index contributed by atoms with van der Waals surface area (Å²) < 4.78 is 40.7. The summed E-state index contributed by atoms with van der Waals surface area (Å²) in [5.41, 5.74) is 1.35. The number of aliphatic hydroxyl groups excluding tert-OH is 1. The van der Waals surface area contributed by atoms with Crippen LogP contribution in [0.2, 0.25) is 0 Å². The van der Waals surface area contributed by atoms with Crippen molar-refractivity contribution in [2.45, 2.75) is 36.8 Å². The standard InChI is InChI=1S/C17H16FN3O3S/c1-10-6-13(25(23,24)21-11-7-12(22)8-11)2-3-14(10)16-5-4-15(18)17(9-19)20-16/h2-6,11-12,21-22H,7-8H2,1H3. The fourth-order valence-electron chi connectivity index (χ4n) is 2.73. The molecule has 2 N–H and O–H groups in total. The van der Waals surface area contributed by atoms with Crippen LogP contribution in [0.3, 0.4) is 0 Å². The molecule has 0 atom stereocenters. The smallest absolute Gasteiger partial charge is 0.240 e. The summed E-state index contributed by atoms with van der Waals surface area (Å²) >= 11 is 0. The van der Waals surface area contributed by atoms with Crippen molar-refractivity contribution in [1.82, 2.24) is 9.71 Å². The zero-order chi connectivity index (χ0) is 18.2. The van der Waals surface area contributed by atoms with Gasteiger partial charge < -0.3 is 5.11 Å². The molecule has 0 radical (unpaired) electrons. The van der Waals surface area contributed by atoms with Gasteiger partial charge in [0.25, 0.3) is 0 Å². The second kappa shape index (κ2) is 6.52. The minimum absolute atomic E-state index is 0.109. The van der Waals surface area contributed by atoms with E-state index in [1.807, 2.05) is 0 Å². The Morgan fingerprint density at radius 2 is 2.04 bits per heavy atom. The van der Waals surface area contributed by atoms with Gasteiger partial charge in [-0.3, -0.25) is 0 Å². The van der Waals surface area contributed by atoms with Crippen LogP contribution in [0.1, 0.15) is 24.1 Å². The predicted octanol–water partition coefficient (Wildman–Crippen LogP) is 1.87. The van der Waals surface area contributed by atoms with Gasteiger partial charge in [0.2, 0.25) is 10.0 Å². The maximum absolute atomic E-state index is 13.4. The minimum atomic E-state index is -3.68. The average Bonchev–Trinajstić information content (AvgIpc) is 2.54. The molecule has 0 unspecified atom stereocenters. The van der Waals surface area contributed by atoms with E-state index in [0.29, 0.717) is 29.7 Å². The monoisotopic (exact) mass is 361 g/mol. The van der Waals surface area contributed by atoms with Crippen molar-refractivity contribution in [2.24, 2.45) is 0 Å². The van der Waals surface area contributed by atoms with Gasteiger partial charge in [0.05, 0.1) is 16.7 Å². The first-order valence-electron chi connectivity index (χ1n) is 7.68. The first kappa shape index (κ1) is 17.5. The van der Waals surface area contributed by atoms with Crippen molar-refractivity contribution in [3.05, 3.63) is 47.4 Å². The van der Waals surface area contributed by atoms with Crippen LogP contribution in [0.25, 0.3) is 11.3 Å². The number of aliphatic hydroxyl groups is 1. The number of hydrogen-bond acceptors (Lipinski definition) is 5. The lowest BCUT2D eigenvalue weighted by molar-refractivity contribution is 0.0712. The van der Waals surface area contributed by atoms with Gasteiger partial charge in [0.1, 0.15) is 6.07 Å². The number of benzene rings is 1. The summed E-state index contributed by atoms with van der Waals surface area (Å²) in [6.07, 6.45) is 0.370. The van der Waals surface area contributed by atoms with Gasteiger partial charge in [-0.25, -0.2) is 22.5 Å². The molecule has 0 saturated heterocycles. The molecule has 0 bridgehead atoms. The summed E-state index contributed by atoms with van der Waals surface area (Å²) in [6.45, 7) is 1.72. The molecule has 3 rings (SSSR count). The van der Waals surface area contributed by atoms with Crippen LogP contribution < -0.4 is 4.72 Å². The lowest BCUT2D eigenvalue weighted by Gasteiger charge is -2.31. The molecule has 1 heterocycles. The van der Waals surface area contributed by atoms with E-state index in [9.17, 15) is 17.9 Å². The zero-order valence-corrected chi connectivity index (χ0v) is 14.2. The van der Waals surface area contributed by atoms with E-state index in [4.69, 9.17) is 5.26 Å². The molecule has 1 aromatic carbocycles. The second-order valence-corrected chi connectivity index (χ2v) is 7.77. The molecular formula is C17H16FN3O3S. The number of hydrogen-bond donors (Lipinski definition) is 2. The van der Waals surface area contributed by atoms with Crippen LogP contribution in [0, 0.1) is 24.1 Å². The molecular weight excluding hydrogens is 345 g/mol. The Labute approximate surface area is 145 Å². The molecule has 130 valence electrons. The summed E-state index contributed by atoms with van der Waals surface area (Å²) in [5.74, 6) is -0.699. The molecule has 1 aromatic heterocycles. The highest BCUT2D eigenvalue weighted by molar-refractivity contribution is 7.89. The summed E-state index contributed by atoms with van der Waals surface area (Å²) in [4.78, 5) is 4.07. The first-order chi connectivity index (χ1) is 11.8. The predicted molar refractivity (Wildman–Crippen MR) is 88.4 cm³/mol. The third-order valence-corrected chi connectivity index (χ3v) is 5.69. The van der Waals surface area contributed by atoms with Gasteiger partial charge in [-0.2, -0.15) is 5.26 Å². The molecule has 8 heteroatoms. The van der Waals surface area contributed by atoms with E-state index < -0.39 is 21.9 Å². The Kier molecular flexibility index (Phi) is 4.56. The summed E-state index contributed by atoms with van der Waals surface area (Å²) in [6, 6.07) is 8.57. The van der Waals surface area contributed by atoms with Gasteiger partial charge >= 0.3 is 0 Å². The van der Waals surface area contributed by atoms with Gasteiger partial charge in [-0.05, 0) is 49.6 Å². The van der Waals surface area contributed by atoms with Crippen LogP contribution in [-0.2, 0) is 10.0 Å². The molecule has 1 fully saturated rings. The van der Waals surface area contributed by atoms with E-state index >= 15 is 0 Å². The van der Waals surface area contributed by atoms with Crippen LogP contribution >= 0.6 is 0 Å². The number of pyridine rings is 1. The average molecular weight is 361 g/mol. The number of sulfonamides is 1. The van der Waals surface area contributed by atoms with E-state index in [-0.39, 0.29) is 16.6 Å². The molecule has 1 aliphatic carbocycles. The highest BCUT2D eigenvalue weighted by Crippen LogP contribution is 2.27. The quantitative estimate of drug-likeness (QED) is 0.865. The highest BCUT2D eigenvalue weighted by Gasteiger charge is 2.31. The van der Waals surface area contributed by atoms with E-state index in [0.717, 1.165) is 6.07 Å². The van der Waals surface area contributed by atoms with Crippen molar-refractivity contribution < 1.29 is 17.9 Å².